The number of hydrogen-bond acceptors (Lipinski definition) is 1. The summed E-state index contributed by atoms with van der Waals surface area (Å²) in [6.07, 6.45) is 6.17. The average Bonchev–Trinajstić information content (AvgIpc) is 2.49. The van der Waals surface area contributed by atoms with Crippen molar-refractivity contribution in [2.75, 3.05) is 0 Å². The molecule has 0 fully saturated rings. The number of allylic oxidation sites excluding steroid dienone is 3. The highest BCUT2D eigenvalue weighted by Gasteiger charge is 2.02. The van der Waals surface area contributed by atoms with Crippen molar-refractivity contribution >= 4 is 11.6 Å². The van der Waals surface area contributed by atoms with Crippen molar-refractivity contribution in [2.24, 2.45) is 0 Å². The summed E-state index contributed by atoms with van der Waals surface area (Å²) in [5, 5.41) is 0. The van der Waals surface area contributed by atoms with Gasteiger partial charge in [-0.25, -0.2) is 0 Å². The van der Waals surface area contributed by atoms with Gasteiger partial charge < -0.3 is 4.74 Å². The van der Waals surface area contributed by atoms with Crippen LogP contribution in [0.3, 0.4) is 0 Å². The van der Waals surface area contributed by atoms with Crippen LogP contribution in [0.15, 0.2) is 60.7 Å². The molecule has 0 aromatic heterocycles. The predicted octanol–water partition coefficient (Wildman–Crippen LogP) is 5.94. The molecule has 0 aliphatic heterocycles. The van der Waals surface area contributed by atoms with Crippen LogP contribution in [0.5, 0.6) is 11.5 Å². The summed E-state index contributed by atoms with van der Waals surface area (Å²) in [5.41, 5.74) is 3.58. The summed E-state index contributed by atoms with van der Waals surface area (Å²) < 4.78 is 5.96. The van der Waals surface area contributed by atoms with Crippen molar-refractivity contribution in [3.63, 3.8) is 0 Å². The summed E-state index contributed by atoms with van der Waals surface area (Å²) >= 11 is 0. The van der Waals surface area contributed by atoms with Gasteiger partial charge in [-0.3, -0.25) is 0 Å². The molecular formula is C19H20O. The van der Waals surface area contributed by atoms with Gasteiger partial charge in [0.2, 0.25) is 0 Å². The lowest BCUT2D eigenvalue weighted by molar-refractivity contribution is 0.481. The maximum Gasteiger partial charge on any atom is 0.134 e. The van der Waals surface area contributed by atoms with E-state index in [-0.39, 0.29) is 0 Å². The SMILES string of the molecule is C/C=C\c1ccccc1Oc1ccc(/C(C)=C\C)cc1. The molecule has 0 saturated heterocycles. The Kier molecular flexibility index (Phi) is 4.78. The van der Waals surface area contributed by atoms with Crippen molar-refractivity contribution in [1.29, 1.82) is 0 Å². The number of ether oxygens (including phenoxy) is 1. The van der Waals surface area contributed by atoms with Gasteiger partial charge in [0.05, 0.1) is 0 Å². The Labute approximate surface area is 121 Å². The van der Waals surface area contributed by atoms with Crippen LogP contribution in [0, 0.1) is 0 Å². The molecule has 0 atom stereocenters. The van der Waals surface area contributed by atoms with Gasteiger partial charge in [0.15, 0.2) is 0 Å². The second kappa shape index (κ2) is 6.76. The van der Waals surface area contributed by atoms with E-state index in [9.17, 15) is 0 Å². The zero-order chi connectivity index (χ0) is 14.4. The highest BCUT2D eigenvalue weighted by atomic mass is 16.5. The van der Waals surface area contributed by atoms with E-state index in [1.165, 1.54) is 11.1 Å². The largest absolute Gasteiger partial charge is 0.457 e. The molecule has 2 rings (SSSR count). The Bertz CT molecular complexity index is 618. The second-order valence-electron chi connectivity index (χ2n) is 4.64. The molecule has 0 saturated carbocycles. The van der Waals surface area contributed by atoms with E-state index in [1.807, 2.05) is 62.4 Å². The van der Waals surface area contributed by atoms with Gasteiger partial charge in [0.1, 0.15) is 11.5 Å². The number of para-hydroxylation sites is 1. The summed E-state index contributed by atoms with van der Waals surface area (Å²) in [7, 11) is 0. The maximum absolute atomic E-state index is 5.96. The molecule has 0 bridgehead atoms. The minimum absolute atomic E-state index is 0.856. The molecule has 0 unspecified atom stereocenters. The van der Waals surface area contributed by atoms with Crippen LogP contribution >= 0.6 is 0 Å². The van der Waals surface area contributed by atoms with Gasteiger partial charge in [0, 0.05) is 5.56 Å². The quantitative estimate of drug-likeness (QED) is 0.664. The number of benzene rings is 2. The maximum atomic E-state index is 5.96. The molecule has 0 spiro atoms. The van der Waals surface area contributed by atoms with Crippen LogP contribution in [-0.4, -0.2) is 0 Å². The minimum atomic E-state index is 0.856. The summed E-state index contributed by atoms with van der Waals surface area (Å²) in [6.45, 7) is 6.16. The minimum Gasteiger partial charge on any atom is -0.457 e. The van der Waals surface area contributed by atoms with Crippen LogP contribution in [0.2, 0.25) is 0 Å². The highest BCUT2D eigenvalue weighted by Crippen LogP contribution is 2.27. The fraction of sp³-hybridized carbons (Fsp3) is 0.158. The van der Waals surface area contributed by atoms with E-state index in [0.29, 0.717) is 0 Å². The summed E-state index contributed by atoms with van der Waals surface area (Å²) in [5.74, 6) is 1.73. The topological polar surface area (TPSA) is 9.23 Å². The lowest BCUT2D eigenvalue weighted by atomic mass is 10.1. The van der Waals surface area contributed by atoms with Gasteiger partial charge in [-0.15, -0.1) is 0 Å². The zero-order valence-electron chi connectivity index (χ0n) is 12.3. The first-order valence-corrected chi connectivity index (χ1v) is 6.87. The average molecular weight is 264 g/mol. The summed E-state index contributed by atoms with van der Waals surface area (Å²) in [6, 6.07) is 16.2. The molecule has 2 aromatic rings. The molecule has 0 aliphatic carbocycles. The molecule has 0 aliphatic rings. The van der Waals surface area contributed by atoms with E-state index >= 15 is 0 Å². The molecule has 0 heterocycles. The van der Waals surface area contributed by atoms with Crippen LogP contribution in [0.25, 0.3) is 11.6 Å². The van der Waals surface area contributed by atoms with E-state index in [2.05, 4.69) is 25.1 Å². The van der Waals surface area contributed by atoms with Gasteiger partial charge in [-0.2, -0.15) is 0 Å². The Morgan fingerprint density at radius 3 is 2.30 bits per heavy atom. The van der Waals surface area contributed by atoms with Gasteiger partial charge in [0.25, 0.3) is 0 Å². The first-order chi connectivity index (χ1) is 9.74. The molecule has 102 valence electrons. The first kappa shape index (κ1) is 14.1. The molecule has 0 radical (unpaired) electrons. The van der Waals surface area contributed by atoms with Crippen molar-refractivity contribution in [1.82, 2.24) is 0 Å². The lowest BCUT2D eigenvalue weighted by Gasteiger charge is -2.09. The molecule has 0 amide bonds. The Hall–Kier alpha value is -2.28. The van der Waals surface area contributed by atoms with Crippen molar-refractivity contribution in [2.45, 2.75) is 20.8 Å². The van der Waals surface area contributed by atoms with E-state index in [4.69, 9.17) is 4.74 Å². The number of hydrogen-bond donors (Lipinski definition) is 0. The van der Waals surface area contributed by atoms with Crippen LogP contribution < -0.4 is 4.74 Å². The van der Waals surface area contributed by atoms with Gasteiger partial charge in [-0.05, 0) is 50.1 Å². The van der Waals surface area contributed by atoms with E-state index in [1.54, 1.807) is 0 Å². The number of rotatable bonds is 4. The second-order valence-corrected chi connectivity index (χ2v) is 4.64. The fourth-order valence-electron chi connectivity index (χ4n) is 1.97. The third-order valence-corrected chi connectivity index (χ3v) is 3.24. The van der Waals surface area contributed by atoms with E-state index in [0.717, 1.165) is 17.1 Å². The third kappa shape index (κ3) is 3.39. The molecular weight excluding hydrogens is 244 g/mol. The van der Waals surface area contributed by atoms with Crippen LogP contribution in [0.4, 0.5) is 0 Å². The molecule has 1 nitrogen and oxygen atoms in total. The highest BCUT2D eigenvalue weighted by molar-refractivity contribution is 5.64. The third-order valence-electron chi connectivity index (χ3n) is 3.24. The Balaban J connectivity index is 2.22. The summed E-state index contributed by atoms with van der Waals surface area (Å²) in [4.78, 5) is 0. The van der Waals surface area contributed by atoms with Crippen LogP contribution in [0.1, 0.15) is 31.9 Å². The molecule has 2 aromatic carbocycles. The normalized spacial score (nSPS) is 11.8. The van der Waals surface area contributed by atoms with Gasteiger partial charge >= 0.3 is 0 Å². The molecule has 0 N–H and O–H groups in total. The van der Waals surface area contributed by atoms with Gasteiger partial charge in [-0.1, -0.05) is 48.6 Å². The van der Waals surface area contributed by atoms with E-state index < -0.39 is 0 Å². The zero-order valence-corrected chi connectivity index (χ0v) is 12.3. The van der Waals surface area contributed by atoms with Crippen molar-refractivity contribution < 1.29 is 4.74 Å². The predicted molar refractivity (Wildman–Crippen MR) is 87.0 cm³/mol. The van der Waals surface area contributed by atoms with Crippen LogP contribution in [-0.2, 0) is 0 Å². The lowest BCUT2D eigenvalue weighted by Crippen LogP contribution is -1.88. The van der Waals surface area contributed by atoms with Crippen molar-refractivity contribution in [3.8, 4) is 11.5 Å². The smallest absolute Gasteiger partial charge is 0.134 e. The first-order valence-electron chi connectivity index (χ1n) is 6.87. The van der Waals surface area contributed by atoms with Crippen molar-refractivity contribution in [3.05, 3.63) is 71.8 Å². The Morgan fingerprint density at radius 1 is 0.950 bits per heavy atom. The fourth-order valence-corrected chi connectivity index (χ4v) is 1.97. The monoisotopic (exact) mass is 264 g/mol. The molecule has 20 heavy (non-hydrogen) atoms. The molecule has 1 heteroatoms. The standard InChI is InChI=1S/C19H20O/c1-4-8-17-9-6-7-10-19(17)20-18-13-11-16(12-14-18)15(3)5-2/h4-14H,1-3H3/b8-4-,15-5-. The Morgan fingerprint density at radius 2 is 1.65 bits per heavy atom.